The van der Waals surface area contributed by atoms with Crippen LogP contribution in [0.4, 0.5) is 5.82 Å². The van der Waals surface area contributed by atoms with Crippen LogP contribution in [0.2, 0.25) is 0 Å². The molecule has 1 atom stereocenters. The van der Waals surface area contributed by atoms with Crippen LogP contribution in [-0.4, -0.2) is 49.8 Å². The van der Waals surface area contributed by atoms with Crippen LogP contribution in [0.15, 0.2) is 23.2 Å². The number of aromatic nitrogens is 1. The zero-order valence-corrected chi connectivity index (χ0v) is 13.1. The molecular formula is C13H20N4O3S. The van der Waals surface area contributed by atoms with Gasteiger partial charge in [0.15, 0.2) is 0 Å². The summed E-state index contributed by atoms with van der Waals surface area (Å²) in [7, 11) is -0.554. The monoisotopic (exact) mass is 312 g/mol. The van der Waals surface area contributed by atoms with Gasteiger partial charge < -0.3 is 10.6 Å². The fraction of sp³-hybridized carbons (Fsp3) is 0.538. The Kier molecular flexibility index (Phi) is 4.48. The Morgan fingerprint density at radius 1 is 1.38 bits per heavy atom. The first kappa shape index (κ1) is 15.7. The van der Waals surface area contributed by atoms with Crippen molar-refractivity contribution in [3.8, 4) is 0 Å². The van der Waals surface area contributed by atoms with E-state index in [9.17, 15) is 13.2 Å². The van der Waals surface area contributed by atoms with Crippen LogP contribution in [0.25, 0.3) is 0 Å². The van der Waals surface area contributed by atoms with Gasteiger partial charge in [-0.2, -0.15) is 0 Å². The SMILES string of the molecule is CC(Nc1ccc(S(=O)(=O)N(C)C)cn1)C(=O)NC1CC1. The number of hydrogen-bond donors (Lipinski definition) is 2. The van der Waals surface area contributed by atoms with E-state index in [-0.39, 0.29) is 10.8 Å². The molecule has 21 heavy (non-hydrogen) atoms. The van der Waals surface area contributed by atoms with E-state index in [1.54, 1.807) is 13.0 Å². The molecule has 2 N–H and O–H groups in total. The van der Waals surface area contributed by atoms with E-state index in [0.717, 1.165) is 17.1 Å². The number of carbonyl (C=O) groups is 1. The lowest BCUT2D eigenvalue weighted by Gasteiger charge is -2.15. The average Bonchev–Trinajstić information content (AvgIpc) is 3.23. The molecule has 116 valence electrons. The highest BCUT2D eigenvalue weighted by Crippen LogP contribution is 2.19. The highest BCUT2D eigenvalue weighted by molar-refractivity contribution is 7.89. The van der Waals surface area contributed by atoms with Crippen LogP contribution in [-0.2, 0) is 14.8 Å². The van der Waals surface area contributed by atoms with Crippen LogP contribution in [0.1, 0.15) is 19.8 Å². The van der Waals surface area contributed by atoms with E-state index in [1.807, 2.05) is 0 Å². The van der Waals surface area contributed by atoms with Gasteiger partial charge in [0.25, 0.3) is 0 Å². The third-order valence-electron chi connectivity index (χ3n) is 3.20. The minimum atomic E-state index is -3.48. The maximum Gasteiger partial charge on any atom is 0.244 e. The van der Waals surface area contributed by atoms with E-state index in [0.29, 0.717) is 11.9 Å². The van der Waals surface area contributed by atoms with Crippen molar-refractivity contribution < 1.29 is 13.2 Å². The second-order valence-corrected chi connectivity index (χ2v) is 7.47. The van der Waals surface area contributed by atoms with Crippen molar-refractivity contribution >= 4 is 21.7 Å². The fourth-order valence-corrected chi connectivity index (χ4v) is 2.52. The molecule has 1 aromatic heterocycles. The Morgan fingerprint density at radius 2 is 2.05 bits per heavy atom. The summed E-state index contributed by atoms with van der Waals surface area (Å²) < 4.78 is 24.9. The van der Waals surface area contributed by atoms with Crippen LogP contribution in [0.5, 0.6) is 0 Å². The quantitative estimate of drug-likeness (QED) is 0.794. The molecule has 0 bridgehead atoms. The average molecular weight is 312 g/mol. The number of rotatable bonds is 6. The topological polar surface area (TPSA) is 91.4 Å². The number of nitrogens with one attached hydrogen (secondary N) is 2. The first-order valence-corrected chi connectivity index (χ1v) is 8.20. The van der Waals surface area contributed by atoms with Gasteiger partial charge >= 0.3 is 0 Å². The van der Waals surface area contributed by atoms with Crippen molar-refractivity contribution in [3.05, 3.63) is 18.3 Å². The van der Waals surface area contributed by atoms with Gasteiger partial charge in [0, 0.05) is 26.3 Å². The van der Waals surface area contributed by atoms with Gasteiger partial charge in [0.05, 0.1) is 0 Å². The van der Waals surface area contributed by atoms with Gasteiger partial charge in [-0.3, -0.25) is 4.79 Å². The molecule has 7 nitrogen and oxygen atoms in total. The molecule has 1 saturated carbocycles. The second kappa shape index (κ2) is 5.98. The predicted molar refractivity (Wildman–Crippen MR) is 79.4 cm³/mol. The van der Waals surface area contributed by atoms with Crippen molar-refractivity contribution in [1.82, 2.24) is 14.6 Å². The smallest absolute Gasteiger partial charge is 0.244 e. The summed E-state index contributed by atoms with van der Waals surface area (Å²) in [4.78, 5) is 16.0. The van der Waals surface area contributed by atoms with E-state index in [4.69, 9.17) is 0 Å². The van der Waals surface area contributed by atoms with E-state index < -0.39 is 16.1 Å². The maximum absolute atomic E-state index is 11.9. The molecule has 1 fully saturated rings. The Bertz CT molecular complexity index is 609. The third-order valence-corrected chi connectivity index (χ3v) is 4.99. The van der Waals surface area contributed by atoms with Crippen molar-refractivity contribution in [1.29, 1.82) is 0 Å². The molecular weight excluding hydrogens is 292 g/mol. The van der Waals surface area contributed by atoms with Crippen LogP contribution >= 0.6 is 0 Å². The summed E-state index contributed by atoms with van der Waals surface area (Å²) in [5, 5.41) is 5.84. The third kappa shape index (κ3) is 3.92. The molecule has 1 aliphatic rings. The van der Waals surface area contributed by atoms with E-state index in [1.165, 1.54) is 26.4 Å². The number of sulfonamides is 1. The molecule has 8 heteroatoms. The Hall–Kier alpha value is -1.67. The van der Waals surface area contributed by atoms with Crippen molar-refractivity contribution in [2.24, 2.45) is 0 Å². The van der Waals surface area contributed by atoms with Crippen molar-refractivity contribution in [2.45, 2.75) is 36.7 Å². The van der Waals surface area contributed by atoms with Crippen LogP contribution < -0.4 is 10.6 Å². The first-order chi connectivity index (χ1) is 9.80. The maximum atomic E-state index is 11.9. The lowest BCUT2D eigenvalue weighted by atomic mass is 10.3. The predicted octanol–water partition coefficient (Wildman–Crippen LogP) is 0.411. The van der Waals surface area contributed by atoms with Crippen molar-refractivity contribution in [2.75, 3.05) is 19.4 Å². The number of anilines is 1. The van der Waals surface area contributed by atoms with Crippen LogP contribution in [0, 0.1) is 0 Å². The summed E-state index contributed by atoms with van der Waals surface area (Å²) in [6, 6.07) is 2.91. The summed E-state index contributed by atoms with van der Waals surface area (Å²) >= 11 is 0. The molecule has 0 spiro atoms. The molecule has 0 aromatic carbocycles. The molecule has 1 amide bonds. The molecule has 1 unspecified atom stereocenters. The first-order valence-electron chi connectivity index (χ1n) is 6.76. The summed E-state index contributed by atoms with van der Waals surface area (Å²) in [6.07, 6.45) is 3.35. The molecule has 0 radical (unpaired) electrons. The molecule has 2 rings (SSSR count). The number of nitrogens with zero attached hydrogens (tertiary/aromatic N) is 2. The van der Waals surface area contributed by atoms with Gasteiger partial charge in [-0.05, 0) is 31.9 Å². The standard InChI is InChI=1S/C13H20N4O3S/c1-9(13(18)16-10-4-5-10)15-12-7-6-11(8-14-12)21(19,20)17(2)3/h6-10H,4-5H2,1-3H3,(H,14,15)(H,16,18). The fourth-order valence-electron chi connectivity index (χ4n) is 1.67. The highest BCUT2D eigenvalue weighted by Gasteiger charge is 2.25. The molecule has 1 aromatic rings. The number of hydrogen-bond acceptors (Lipinski definition) is 5. The highest BCUT2D eigenvalue weighted by atomic mass is 32.2. The lowest BCUT2D eigenvalue weighted by molar-refractivity contribution is -0.121. The van der Waals surface area contributed by atoms with E-state index in [2.05, 4.69) is 15.6 Å². The van der Waals surface area contributed by atoms with Crippen LogP contribution in [0.3, 0.4) is 0 Å². The molecule has 0 aliphatic heterocycles. The minimum Gasteiger partial charge on any atom is -0.359 e. The summed E-state index contributed by atoms with van der Waals surface area (Å²) in [5.74, 6) is 0.385. The molecule has 1 aliphatic carbocycles. The normalized spacial score (nSPS) is 16.6. The Balaban J connectivity index is 2.00. The number of amides is 1. The van der Waals surface area contributed by atoms with Gasteiger partial charge in [-0.1, -0.05) is 0 Å². The van der Waals surface area contributed by atoms with Gasteiger partial charge in [0.1, 0.15) is 16.8 Å². The summed E-state index contributed by atoms with van der Waals surface area (Å²) in [5.41, 5.74) is 0. The van der Waals surface area contributed by atoms with Gasteiger partial charge in [0.2, 0.25) is 15.9 Å². The number of pyridine rings is 1. The Labute approximate surface area is 124 Å². The zero-order valence-electron chi connectivity index (χ0n) is 12.3. The molecule has 1 heterocycles. The van der Waals surface area contributed by atoms with E-state index >= 15 is 0 Å². The Morgan fingerprint density at radius 3 is 2.52 bits per heavy atom. The van der Waals surface area contributed by atoms with Gasteiger partial charge in [-0.15, -0.1) is 0 Å². The molecule has 0 saturated heterocycles. The van der Waals surface area contributed by atoms with Crippen molar-refractivity contribution in [3.63, 3.8) is 0 Å². The summed E-state index contributed by atoms with van der Waals surface area (Å²) in [6.45, 7) is 1.74. The minimum absolute atomic E-state index is 0.0794. The largest absolute Gasteiger partial charge is 0.359 e. The second-order valence-electron chi connectivity index (χ2n) is 5.32. The zero-order chi connectivity index (χ0) is 15.6. The lowest BCUT2D eigenvalue weighted by Crippen LogP contribution is -2.38. The van der Waals surface area contributed by atoms with Gasteiger partial charge in [-0.25, -0.2) is 17.7 Å². The number of carbonyl (C=O) groups excluding carboxylic acids is 1.